The second-order valence-corrected chi connectivity index (χ2v) is 5.27. The Morgan fingerprint density at radius 3 is 2.94 bits per heavy atom. The molecule has 1 N–H and O–H groups in total. The van der Waals surface area contributed by atoms with E-state index in [0.29, 0.717) is 0 Å². The molecular formula is C13H18N2S. The highest BCUT2D eigenvalue weighted by atomic mass is 32.1. The van der Waals surface area contributed by atoms with Crippen LogP contribution in [0.4, 0.5) is 5.00 Å². The zero-order valence-corrected chi connectivity index (χ0v) is 10.7. The summed E-state index contributed by atoms with van der Waals surface area (Å²) in [6.45, 7) is 5.58. The van der Waals surface area contributed by atoms with Crippen molar-refractivity contribution in [2.75, 3.05) is 11.9 Å². The third-order valence-corrected chi connectivity index (χ3v) is 3.46. The molecule has 1 aromatic carbocycles. The molecule has 0 aliphatic rings. The molecule has 2 aromatic rings. The second kappa shape index (κ2) is 5.30. The Kier molecular flexibility index (Phi) is 3.78. The van der Waals surface area contributed by atoms with Crippen LogP contribution in [0.3, 0.4) is 0 Å². The zero-order chi connectivity index (χ0) is 11.4. The quantitative estimate of drug-likeness (QED) is 0.786. The molecule has 0 spiro atoms. The van der Waals surface area contributed by atoms with Crippen molar-refractivity contribution in [1.82, 2.24) is 4.37 Å². The molecule has 2 rings (SSSR count). The summed E-state index contributed by atoms with van der Waals surface area (Å²) in [5.41, 5.74) is 1.10. The molecule has 0 saturated carbocycles. The second-order valence-electron chi connectivity index (χ2n) is 4.49. The van der Waals surface area contributed by atoms with Crippen molar-refractivity contribution in [3.05, 3.63) is 24.3 Å². The lowest BCUT2D eigenvalue weighted by Gasteiger charge is -2.05. The molecule has 16 heavy (non-hydrogen) atoms. The molecule has 1 heterocycles. The molecule has 0 unspecified atom stereocenters. The predicted octanol–water partition coefficient (Wildman–Crippen LogP) is 4.14. The number of nitrogens with one attached hydrogen (secondary N) is 1. The minimum absolute atomic E-state index is 0.792. The lowest BCUT2D eigenvalue weighted by Crippen LogP contribution is -2.01. The third-order valence-electron chi connectivity index (χ3n) is 2.63. The first-order valence-electron chi connectivity index (χ1n) is 5.85. The first kappa shape index (κ1) is 11.4. The number of benzene rings is 1. The molecule has 3 heteroatoms. The van der Waals surface area contributed by atoms with Gasteiger partial charge < -0.3 is 5.32 Å². The summed E-state index contributed by atoms with van der Waals surface area (Å²) in [5, 5.41) is 5.93. The lowest BCUT2D eigenvalue weighted by molar-refractivity contribution is 0.567. The smallest absolute Gasteiger partial charge is 0.117 e. The summed E-state index contributed by atoms with van der Waals surface area (Å²) in [4.78, 5) is 0. The zero-order valence-electron chi connectivity index (χ0n) is 9.86. The van der Waals surface area contributed by atoms with Crippen LogP contribution in [-0.2, 0) is 0 Å². The van der Waals surface area contributed by atoms with Crippen LogP contribution >= 0.6 is 11.5 Å². The van der Waals surface area contributed by atoms with Crippen LogP contribution in [0.15, 0.2) is 24.3 Å². The van der Waals surface area contributed by atoms with Gasteiger partial charge in [0.05, 0.1) is 5.52 Å². The lowest BCUT2D eigenvalue weighted by atomic mass is 10.1. The third kappa shape index (κ3) is 2.73. The molecule has 86 valence electrons. The van der Waals surface area contributed by atoms with Gasteiger partial charge in [0.1, 0.15) is 5.00 Å². The van der Waals surface area contributed by atoms with Crippen molar-refractivity contribution in [2.45, 2.75) is 26.7 Å². The van der Waals surface area contributed by atoms with E-state index in [1.54, 1.807) is 11.5 Å². The monoisotopic (exact) mass is 234 g/mol. The van der Waals surface area contributed by atoms with Gasteiger partial charge >= 0.3 is 0 Å². The van der Waals surface area contributed by atoms with E-state index >= 15 is 0 Å². The van der Waals surface area contributed by atoms with Crippen LogP contribution in [0.25, 0.3) is 10.9 Å². The van der Waals surface area contributed by atoms with Gasteiger partial charge in [-0.25, -0.2) is 0 Å². The number of aromatic nitrogens is 1. The molecule has 0 aliphatic heterocycles. The molecular weight excluding hydrogens is 216 g/mol. The first-order valence-corrected chi connectivity index (χ1v) is 6.63. The fraction of sp³-hybridized carbons (Fsp3) is 0.462. The predicted molar refractivity (Wildman–Crippen MR) is 72.2 cm³/mol. The van der Waals surface area contributed by atoms with E-state index < -0.39 is 0 Å². The molecule has 0 radical (unpaired) electrons. The van der Waals surface area contributed by atoms with E-state index in [1.165, 1.54) is 23.2 Å². The topological polar surface area (TPSA) is 24.9 Å². The minimum Gasteiger partial charge on any atom is -0.375 e. The average molecular weight is 234 g/mol. The van der Waals surface area contributed by atoms with Crippen LogP contribution in [0.2, 0.25) is 0 Å². The molecule has 0 aliphatic carbocycles. The largest absolute Gasteiger partial charge is 0.375 e. The molecule has 2 nitrogen and oxygen atoms in total. The summed E-state index contributed by atoms with van der Waals surface area (Å²) in [7, 11) is 0. The molecule has 0 saturated heterocycles. The Hall–Kier alpha value is -1.09. The molecule has 0 atom stereocenters. The summed E-state index contributed by atoms with van der Waals surface area (Å²) < 4.78 is 4.41. The highest BCUT2D eigenvalue weighted by molar-refractivity contribution is 7.11. The number of anilines is 1. The number of hydrogen-bond acceptors (Lipinski definition) is 3. The maximum absolute atomic E-state index is 4.41. The van der Waals surface area contributed by atoms with Crippen LogP contribution in [0, 0.1) is 5.92 Å². The van der Waals surface area contributed by atoms with Crippen LogP contribution < -0.4 is 5.32 Å². The summed E-state index contributed by atoms with van der Waals surface area (Å²) in [5.74, 6) is 0.792. The maximum Gasteiger partial charge on any atom is 0.117 e. The standard InChI is InChI=1S/C13H18N2S/c1-10(2)6-5-9-14-13-11-7-3-4-8-12(11)15-16-13/h3-4,7-8,10,14H,5-6,9H2,1-2H3. The first-order chi connectivity index (χ1) is 7.77. The van der Waals surface area contributed by atoms with Gasteiger partial charge in [0.25, 0.3) is 0 Å². The van der Waals surface area contributed by atoms with Crippen molar-refractivity contribution >= 4 is 27.4 Å². The van der Waals surface area contributed by atoms with Gasteiger partial charge in [-0.1, -0.05) is 26.0 Å². The van der Waals surface area contributed by atoms with E-state index in [0.717, 1.165) is 18.0 Å². The Morgan fingerprint density at radius 2 is 2.12 bits per heavy atom. The van der Waals surface area contributed by atoms with E-state index in [1.807, 2.05) is 6.07 Å². The summed E-state index contributed by atoms with van der Waals surface area (Å²) >= 11 is 1.56. The van der Waals surface area contributed by atoms with E-state index in [2.05, 4.69) is 41.7 Å². The van der Waals surface area contributed by atoms with Gasteiger partial charge in [-0.2, -0.15) is 4.37 Å². The van der Waals surface area contributed by atoms with Gasteiger partial charge in [0.15, 0.2) is 0 Å². The van der Waals surface area contributed by atoms with Crippen molar-refractivity contribution in [2.24, 2.45) is 5.92 Å². The number of nitrogens with zero attached hydrogens (tertiary/aromatic N) is 1. The van der Waals surface area contributed by atoms with Gasteiger partial charge in [0, 0.05) is 11.9 Å². The van der Waals surface area contributed by atoms with Gasteiger partial charge in [-0.3, -0.25) is 0 Å². The minimum atomic E-state index is 0.792. The summed E-state index contributed by atoms with van der Waals surface area (Å²) in [6.07, 6.45) is 2.51. The SMILES string of the molecule is CC(C)CCCNc1snc2ccccc12. The highest BCUT2D eigenvalue weighted by Gasteiger charge is 2.03. The van der Waals surface area contributed by atoms with Crippen LogP contribution in [0.5, 0.6) is 0 Å². The molecule has 0 amide bonds. The number of fused-ring (bicyclic) bond motifs is 1. The molecule has 0 fully saturated rings. The van der Waals surface area contributed by atoms with E-state index in [-0.39, 0.29) is 0 Å². The Balaban J connectivity index is 1.94. The Labute approximate surface area is 101 Å². The van der Waals surface area contributed by atoms with E-state index in [9.17, 15) is 0 Å². The molecule has 1 aromatic heterocycles. The Morgan fingerprint density at radius 1 is 1.31 bits per heavy atom. The number of rotatable bonds is 5. The van der Waals surface area contributed by atoms with Gasteiger partial charge in [0.2, 0.25) is 0 Å². The fourth-order valence-corrected chi connectivity index (χ4v) is 2.52. The normalized spacial score (nSPS) is 11.2. The molecule has 0 bridgehead atoms. The maximum atomic E-state index is 4.41. The van der Waals surface area contributed by atoms with Crippen molar-refractivity contribution in [3.8, 4) is 0 Å². The fourth-order valence-electron chi connectivity index (χ4n) is 1.73. The average Bonchev–Trinajstić information content (AvgIpc) is 2.68. The van der Waals surface area contributed by atoms with Gasteiger partial charge in [-0.15, -0.1) is 0 Å². The van der Waals surface area contributed by atoms with Crippen LogP contribution in [0.1, 0.15) is 26.7 Å². The van der Waals surface area contributed by atoms with E-state index in [4.69, 9.17) is 0 Å². The van der Waals surface area contributed by atoms with Gasteiger partial charge in [-0.05, 0) is 42.4 Å². The van der Waals surface area contributed by atoms with Crippen LogP contribution in [-0.4, -0.2) is 10.9 Å². The van der Waals surface area contributed by atoms with Crippen molar-refractivity contribution < 1.29 is 0 Å². The Bertz CT molecular complexity index is 448. The summed E-state index contributed by atoms with van der Waals surface area (Å²) in [6, 6.07) is 8.29. The van der Waals surface area contributed by atoms with Crippen molar-refractivity contribution in [1.29, 1.82) is 0 Å². The number of hydrogen-bond donors (Lipinski definition) is 1. The highest BCUT2D eigenvalue weighted by Crippen LogP contribution is 2.27. The van der Waals surface area contributed by atoms with Crippen molar-refractivity contribution in [3.63, 3.8) is 0 Å².